The van der Waals surface area contributed by atoms with E-state index in [0.29, 0.717) is 0 Å². The number of hydrogen-bond donors (Lipinski definition) is 0. The molecule has 3 heteroatoms. The zero-order chi connectivity index (χ0) is 22.7. The summed E-state index contributed by atoms with van der Waals surface area (Å²) in [6.45, 7) is 5.82. The van der Waals surface area contributed by atoms with E-state index in [1.54, 1.807) is 0 Å². The number of piperidine rings is 1. The van der Waals surface area contributed by atoms with Gasteiger partial charge in [-0.15, -0.1) is 5.10 Å². The smallest absolute Gasteiger partial charge is 0.0961 e. The highest BCUT2D eigenvalue weighted by atomic mass is 15.1. The van der Waals surface area contributed by atoms with Crippen molar-refractivity contribution in [1.29, 1.82) is 0 Å². The molecule has 0 spiro atoms. The van der Waals surface area contributed by atoms with Crippen molar-refractivity contribution in [2.24, 2.45) is 5.92 Å². The lowest BCUT2D eigenvalue weighted by Crippen LogP contribution is -2.33. The summed E-state index contributed by atoms with van der Waals surface area (Å²) >= 11 is 0. The van der Waals surface area contributed by atoms with Crippen LogP contribution in [0.4, 0.5) is 0 Å². The highest BCUT2D eigenvalue weighted by Gasteiger charge is 2.19. The van der Waals surface area contributed by atoms with Crippen LogP contribution in [0.15, 0.2) is 66.7 Å². The Morgan fingerprint density at radius 3 is 2.27 bits per heavy atom. The number of aryl methyl sites for hydroxylation is 2. The van der Waals surface area contributed by atoms with E-state index in [0.717, 1.165) is 31.0 Å². The molecule has 3 nitrogen and oxygen atoms in total. The van der Waals surface area contributed by atoms with Crippen LogP contribution in [0.5, 0.6) is 0 Å². The topological polar surface area (TPSA) is 29.0 Å². The molecule has 1 aromatic heterocycles. The molecule has 0 N–H and O–H groups in total. The van der Waals surface area contributed by atoms with Crippen LogP contribution in [-0.4, -0.2) is 28.2 Å². The molecule has 2 aromatic carbocycles. The lowest BCUT2D eigenvalue weighted by atomic mass is 9.91. The molecular weight excluding hydrogens is 402 g/mol. The van der Waals surface area contributed by atoms with Gasteiger partial charge in [-0.1, -0.05) is 80.4 Å². The van der Waals surface area contributed by atoms with Crippen LogP contribution in [0.1, 0.15) is 68.7 Å². The highest BCUT2D eigenvalue weighted by Crippen LogP contribution is 2.26. The number of benzene rings is 2. The van der Waals surface area contributed by atoms with Crippen LogP contribution in [0.3, 0.4) is 0 Å². The molecule has 1 fully saturated rings. The summed E-state index contributed by atoms with van der Waals surface area (Å²) in [5.74, 6) is 0.859. The Morgan fingerprint density at radius 2 is 1.55 bits per heavy atom. The molecule has 1 saturated heterocycles. The van der Waals surface area contributed by atoms with Gasteiger partial charge >= 0.3 is 0 Å². The fraction of sp³-hybridized carbons (Fsp3) is 0.467. The lowest BCUT2D eigenvalue weighted by Gasteiger charge is -2.32. The van der Waals surface area contributed by atoms with Gasteiger partial charge in [0.15, 0.2) is 0 Å². The van der Waals surface area contributed by atoms with Crippen molar-refractivity contribution in [2.45, 2.75) is 71.3 Å². The van der Waals surface area contributed by atoms with Gasteiger partial charge in [0.05, 0.1) is 11.4 Å². The van der Waals surface area contributed by atoms with Gasteiger partial charge in [0.2, 0.25) is 0 Å². The van der Waals surface area contributed by atoms with Crippen LogP contribution in [0.2, 0.25) is 0 Å². The zero-order valence-electron chi connectivity index (χ0n) is 20.3. The van der Waals surface area contributed by atoms with Gasteiger partial charge in [0, 0.05) is 12.1 Å². The first-order chi connectivity index (χ1) is 16.3. The number of nitrogens with zero attached hydrogens (tertiary/aromatic N) is 3. The molecule has 2 heterocycles. The van der Waals surface area contributed by atoms with Crippen LogP contribution >= 0.6 is 0 Å². The predicted molar refractivity (Wildman–Crippen MR) is 138 cm³/mol. The maximum absolute atomic E-state index is 4.69. The predicted octanol–water partition coefficient (Wildman–Crippen LogP) is 7.11. The summed E-state index contributed by atoms with van der Waals surface area (Å²) in [7, 11) is 0. The monoisotopic (exact) mass is 441 g/mol. The molecule has 174 valence electrons. The summed E-state index contributed by atoms with van der Waals surface area (Å²) in [4.78, 5) is 2.61. The van der Waals surface area contributed by atoms with Crippen LogP contribution < -0.4 is 0 Å². The third-order valence-electron chi connectivity index (χ3n) is 7.02. The van der Waals surface area contributed by atoms with E-state index in [9.17, 15) is 0 Å². The first-order valence-electron chi connectivity index (χ1n) is 13.0. The van der Waals surface area contributed by atoms with E-state index in [-0.39, 0.29) is 0 Å². The van der Waals surface area contributed by atoms with Crippen molar-refractivity contribution in [2.75, 3.05) is 13.1 Å². The van der Waals surface area contributed by atoms with E-state index in [4.69, 9.17) is 0 Å². The standard InChI is InChI=1S/C30H39N3/c1-2-3-6-17-28-23-29(31-32-30(28)27-15-9-5-10-16-27)18-11-14-25-19-21-33(22-20-25)24-26-12-7-4-8-13-26/h4-5,7-10,12-13,15-16,23,25H,2-3,6,11,14,17-22,24H2,1H3. The molecule has 0 unspecified atom stereocenters. The van der Waals surface area contributed by atoms with E-state index in [1.807, 2.05) is 0 Å². The zero-order valence-corrected chi connectivity index (χ0v) is 20.3. The van der Waals surface area contributed by atoms with Gasteiger partial charge in [0.1, 0.15) is 0 Å². The molecule has 1 aliphatic heterocycles. The minimum Gasteiger partial charge on any atom is -0.299 e. The van der Waals surface area contributed by atoms with E-state index < -0.39 is 0 Å². The number of aromatic nitrogens is 2. The molecule has 0 amide bonds. The Labute approximate surface area is 200 Å². The fourth-order valence-corrected chi connectivity index (χ4v) is 5.04. The van der Waals surface area contributed by atoms with Crippen LogP contribution in [0, 0.1) is 5.92 Å². The van der Waals surface area contributed by atoms with Crippen molar-refractivity contribution >= 4 is 0 Å². The first-order valence-corrected chi connectivity index (χ1v) is 13.0. The van der Waals surface area contributed by atoms with Gasteiger partial charge in [-0.25, -0.2) is 0 Å². The number of likely N-dealkylation sites (tertiary alicyclic amines) is 1. The molecule has 3 aromatic rings. The summed E-state index contributed by atoms with van der Waals surface area (Å²) in [5, 5.41) is 9.31. The number of rotatable bonds is 11. The van der Waals surface area contributed by atoms with Crippen LogP contribution in [0.25, 0.3) is 11.3 Å². The number of unbranched alkanes of at least 4 members (excludes halogenated alkanes) is 2. The molecule has 1 aliphatic rings. The third-order valence-corrected chi connectivity index (χ3v) is 7.02. The molecular formula is C30H39N3. The summed E-state index contributed by atoms with van der Waals surface area (Å²) < 4.78 is 0. The molecule has 33 heavy (non-hydrogen) atoms. The molecule has 0 saturated carbocycles. The fourth-order valence-electron chi connectivity index (χ4n) is 5.04. The molecule has 0 aliphatic carbocycles. The van der Waals surface area contributed by atoms with E-state index in [1.165, 1.54) is 80.4 Å². The minimum absolute atomic E-state index is 0.859. The summed E-state index contributed by atoms with van der Waals surface area (Å²) in [6, 6.07) is 23.8. The summed E-state index contributed by atoms with van der Waals surface area (Å²) in [6.07, 6.45) is 11.1. The maximum atomic E-state index is 4.69. The molecule has 4 rings (SSSR count). The van der Waals surface area contributed by atoms with E-state index in [2.05, 4.69) is 88.8 Å². The quantitative estimate of drug-likeness (QED) is 0.297. The molecule has 0 radical (unpaired) electrons. The second-order valence-electron chi connectivity index (χ2n) is 9.63. The van der Waals surface area contributed by atoms with Crippen molar-refractivity contribution in [1.82, 2.24) is 15.1 Å². The number of hydrogen-bond acceptors (Lipinski definition) is 3. The van der Waals surface area contributed by atoms with Crippen molar-refractivity contribution in [3.05, 3.63) is 83.6 Å². The van der Waals surface area contributed by atoms with Crippen molar-refractivity contribution in [3.63, 3.8) is 0 Å². The minimum atomic E-state index is 0.859. The normalized spacial score (nSPS) is 15.1. The maximum Gasteiger partial charge on any atom is 0.0961 e. The largest absolute Gasteiger partial charge is 0.299 e. The van der Waals surface area contributed by atoms with Gasteiger partial charge < -0.3 is 0 Å². The van der Waals surface area contributed by atoms with Gasteiger partial charge in [-0.05, 0) is 81.1 Å². The van der Waals surface area contributed by atoms with Crippen molar-refractivity contribution < 1.29 is 0 Å². The Morgan fingerprint density at radius 1 is 0.818 bits per heavy atom. The second kappa shape index (κ2) is 12.6. The van der Waals surface area contributed by atoms with Gasteiger partial charge in [-0.2, -0.15) is 5.10 Å². The first kappa shape index (κ1) is 23.6. The Bertz CT molecular complexity index is 947. The lowest BCUT2D eigenvalue weighted by molar-refractivity contribution is 0.171. The van der Waals surface area contributed by atoms with Crippen LogP contribution in [-0.2, 0) is 19.4 Å². The second-order valence-corrected chi connectivity index (χ2v) is 9.63. The average Bonchev–Trinajstić information content (AvgIpc) is 2.87. The van der Waals surface area contributed by atoms with E-state index >= 15 is 0 Å². The SMILES string of the molecule is CCCCCc1cc(CCCC2CCN(Cc3ccccc3)CC2)nnc1-c1ccccc1. The van der Waals surface area contributed by atoms with Gasteiger partial charge in [-0.3, -0.25) is 4.90 Å². The molecule has 0 atom stereocenters. The van der Waals surface area contributed by atoms with Gasteiger partial charge in [0.25, 0.3) is 0 Å². The Hall–Kier alpha value is -2.52. The Balaban J connectivity index is 1.27. The summed E-state index contributed by atoms with van der Waals surface area (Å²) in [5.41, 5.74) is 6.23. The molecule has 0 bridgehead atoms. The third kappa shape index (κ3) is 7.23. The Kier molecular flexibility index (Phi) is 9.06. The average molecular weight is 442 g/mol. The highest BCUT2D eigenvalue weighted by molar-refractivity contribution is 5.62. The van der Waals surface area contributed by atoms with Crippen molar-refractivity contribution in [3.8, 4) is 11.3 Å².